The van der Waals surface area contributed by atoms with E-state index < -0.39 is 6.04 Å². The van der Waals surface area contributed by atoms with Gasteiger partial charge >= 0.3 is 0 Å². The molecule has 8 nitrogen and oxygen atoms in total. The second-order valence-electron chi connectivity index (χ2n) is 7.94. The highest BCUT2D eigenvalue weighted by molar-refractivity contribution is 7.16. The van der Waals surface area contributed by atoms with E-state index in [1.807, 2.05) is 38.1 Å². The third-order valence-corrected chi connectivity index (χ3v) is 6.66. The number of aryl methyl sites for hydroxylation is 3. The number of rotatable bonds is 9. The van der Waals surface area contributed by atoms with Gasteiger partial charge in [0.15, 0.2) is 5.76 Å². The lowest BCUT2D eigenvalue weighted by atomic mass is 9.98. The van der Waals surface area contributed by atoms with Crippen LogP contribution in [0.4, 0.5) is 10.9 Å². The topological polar surface area (TPSA) is 98.5 Å². The molecule has 2 N–H and O–H groups in total. The molecule has 4 aromatic rings. The fraction of sp³-hybridized carbons (Fsp3) is 0.269. The van der Waals surface area contributed by atoms with E-state index in [-0.39, 0.29) is 11.7 Å². The number of furan rings is 1. The summed E-state index contributed by atoms with van der Waals surface area (Å²) in [5.74, 6) is 1.73. The zero-order chi connectivity index (χ0) is 24.9. The van der Waals surface area contributed by atoms with Crippen molar-refractivity contribution in [1.29, 1.82) is 0 Å². The molecular weight excluding hydrogens is 464 g/mol. The summed E-state index contributed by atoms with van der Waals surface area (Å²) < 4.78 is 16.4. The number of carbonyl (C=O) groups is 1. The maximum Gasteiger partial charge on any atom is 0.291 e. The molecule has 0 bridgehead atoms. The molecule has 0 unspecified atom stereocenters. The van der Waals surface area contributed by atoms with Gasteiger partial charge in [-0.1, -0.05) is 6.92 Å². The summed E-state index contributed by atoms with van der Waals surface area (Å²) in [6.07, 6.45) is 2.30. The molecule has 0 fully saturated rings. The second-order valence-corrected chi connectivity index (χ2v) is 9.08. The van der Waals surface area contributed by atoms with Crippen molar-refractivity contribution in [1.82, 2.24) is 9.97 Å². The van der Waals surface area contributed by atoms with Crippen LogP contribution in [-0.2, 0) is 6.42 Å². The Hall–Kier alpha value is -3.85. The summed E-state index contributed by atoms with van der Waals surface area (Å²) in [5.41, 5.74) is 3.43. The monoisotopic (exact) mass is 492 g/mol. The largest absolute Gasteiger partial charge is 0.497 e. The molecule has 0 radical (unpaired) electrons. The Bertz CT molecular complexity index is 1300. The SMILES string of the molecule is CCc1cc([C@@H](Nc2nc(C)cc(C)n2)c2ccc(OC)cc2OC)c(NC(=O)c2ccco2)s1. The van der Waals surface area contributed by atoms with Crippen LogP contribution in [0.2, 0.25) is 0 Å². The van der Waals surface area contributed by atoms with Crippen molar-refractivity contribution in [2.45, 2.75) is 33.2 Å². The normalized spacial score (nSPS) is 11.7. The van der Waals surface area contributed by atoms with Crippen molar-refractivity contribution in [3.63, 3.8) is 0 Å². The molecule has 35 heavy (non-hydrogen) atoms. The Morgan fingerprint density at radius 3 is 2.46 bits per heavy atom. The van der Waals surface area contributed by atoms with Crippen molar-refractivity contribution < 1.29 is 18.7 Å². The van der Waals surface area contributed by atoms with Gasteiger partial charge in [-0.3, -0.25) is 4.79 Å². The molecule has 0 saturated heterocycles. The van der Waals surface area contributed by atoms with E-state index in [1.54, 1.807) is 26.4 Å². The number of carbonyl (C=O) groups excluding carboxylic acids is 1. The number of nitrogens with zero attached hydrogens (tertiary/aromatic N) is 2. The van der Waals surface area contributed by atoms with Crippen molar-refractivity contribution in [2.24, 2.45) is 0 Å². The Morgan fingerprint density at radius 2 is 1.83 bits per heavy atom. The van der Waals surface area contributed by atoms with Crippen molar-refractivity contribution in [3.05, 3.63) is 81.9 Å². The van der Waals surface area contributed by atoms with Gasteiger partial charge in [0.25, 0.3) is 5.91 Å². The lowest BCUT2D eigenvalue weighted by Crippen LogP contribution is -2.18. The van der Waals surface area contributed by atoms with Crippen molar-refractivity contribution >= 4 is 28.2 Å². The molecular formula is C26H28N4O4S. The maximum atomic E-state index is 12.9. The predicted octanol–water partition coefficient (Wildman–Crippen LogP) is 5.78. The summed E-state index contributed by atoms with van der Waals surface area (Å²) in [5, 5.41) is 7.22. The number of amides is 1. The number of aromatic nitrogens is 2. The zero-order valence-corrected chi connectivity index (χ0v) is 21.2. The van der Waals surface area contributed by atoms with Crippen LogP contribution in [0, 0.1) is 13.8 Å². The predicted molar refractivity (Wildman–Crippen MR) is 137 cm³/mol. The Morgan fingerprint density at radius 1 is 1.06 bits per heavy atom. The summed E-state index contributed by atoms with van der Waals surface area (Å²) in [4.78, 5) is 23.1. The first kappa shape index (κ1) is 24.3. The molecule has 1 aromatic carbocycles. The van der Waals surface area contributed by atoms with E-state index in [0.29, 0.717) is 22.4 Å². The lowest BCUT2D eigenvalue weighted by Gasteiger charge is -2.23. The number of hydrogen-bond donors (Lipinski definition) is 2. The smallest absolute Gasteiger partial charge is 0.291 e. The van der Waals surface area contributed by atoms with Crippen LogP contribution in [-0.4, -0.2) is 30.1 Å². The summed E-state index contributed by atoms with van der Waals surface area (Å²) in [6, 6.07) is 12.6. The van der Waals surface area contributed by atoms with Gasteiger partial charge in [0.05, 0.1) is 26.5 Å². The first-order valence-electron chi connectivity index (χ1n) is 11.2. The van der Waals surface area contributed by atoms with E-state index in [0.717, 1.165) is 33.8 Å². The Kier molecular flexibility index (Phi) is 7.36. The summed E-state index contributed by atoms with van der Waals surface area (Å²) >= 11 is 1.53. The fourth-order valence-corrected chi connectivity index (χ4v) is 4.85. The minimum atomic E-state index is -0.416. The molecule has 182 valence electrons. The quantitative estimate of drug-likeness (QED) is 0.305. The van der Waals surface area contributed by atoms with E-state index in [2.05, 4.69) is 33.6 Å². The van der Waals surface area contributed by atoms with Crippen LogP contribution in [0.3, 0.4) is 0 Å². The lowest BCUT2D eigenvalue weighted by molar-refractivity contribution is 0.0997. The van der Waals surface area contributed by atoms with Gasteiger partial charge in [-0.05, 0) is 56.7 Å². The highest BCUT2D eigenvalue weighted by Crippen LogP contribution is 2.41. The van der Waals surface area contributed by atoms with Crippen molar-refractivity contribution in [3.8, 4) is 11.5 Å². The average Bonchev–Trinajstić information content (AvgIpc) is 3.52. The van der Waals surface area contributed by atoms with Crippen LogP contribution in [0.5, 0.6) is 11.5 Å². The van der Waals surface area contributed by atoms with Crippen LogP contribution in [0.1, 0.15) is 50.9 Å². The van der Waals surface area contributed by atoms with Gasteiger partial charge in [-0.2, -0.15) is 0 Å². The highest BCUT2D eigenvalue weighted by Gasteiger charge is 2.26. The standard InChI is InChI=1S/C26H28N4O4S/c1-6-18-14-20(25(35-18)30-24(31)21-8-7-11-34-21)23(29-26-27-15(2)12-16(3)28-26)19-10-9-17(32-4)13-22(19)33-5/h7-14,23H,6H2,1-5H3,(H,30,31)(H,27,28,29)/t23-/m0/s1. The van der Waals surface area contributed by atoms with Gasteiger partial charge in [0, 0.05) is 33.5 Å². The number of hydrogen-bond acceptors (Lipinski definition) is 8. The molecule has 0 aliphatic carbocycles. The van der Waals surface area contributed by atoms with Gasteiger partial charge in [-0.25, -0.2) is 9.97 Å². The third kappa shape index (κ3) is 5.46. The number of thiophene rings is 1. The van der Waals surface area contributed by atoms with E-state index in [4.69, 9.17) is 13.9 Å². The van der Waals surface area contributed by atoms with Crippen LogP contribution >= 0.6 is 11.3 Å². The first-order chi connectivity index (χ1) is 16.9. The summed E-state index contributed by atoms with van der Waals surface area (Å²) in [6.45, 7) is 5.94. The van der Waals surface area contributed by atoms with E-state index in [1.165, 1.54) is 17.6 Å². The Labute approximate surface area is 208 Å². The third-order valence-electron chi connectivity index (χ3n) is 5.45. The molecule has 0 spiro atoms. The van der Waals surface area contributed by atoms with Gasteiger partial charge in [0.1, 0.15) is 16.5 Å². The van der Waals surface area contributed by atoms with E-state index in [9.17, 15) is 4.79 Å². The van der Waals surface area contributed by atoms with Gasteiger partial charge in [0.2, 0.25) is 5.95 Å². The summed E-state index contributed by atoms with van der Waals surface area (Å²) in [7, 11) is 3.23. The number of benzene rings is 1. The maximum absolute atomic E-state index is 12.9. The Balaban J connectivity index is 1.83. The van der Waals surface area contributed by atoms with Crippen LogP contribution < -0.4 is 20.1 Å². The van der Waals surface area contributed by atoms with Gasteiger partial charge in [-0.15, -0.1) is 11.3 Å². The fourth-order valence-electron chi connectivity index (χ4n) is 3.82. The van der Waals surface area contributed by atoms with Crippen LogP contribution in [0.25, 0.3) is 0 Å². The molecule has 3 aromatic heterocycles. The highest BCUT2D eigenvalue weighted by atomic mass is 32.1. The number of methoxy groups -OCH3 is 2. The molecule has 1 atom stereocenters. The number of ether oxygens (including phenoxy) is 2. The molecule has 4 rings (SSSR count). The molecule has 0 aliphatic heterocycles. The average molecular weight is 493 g/mol. The second kappa shape index (κ2) is 10.6. The van der Waals surface area contributed by atoms with Gasteiger partial charge < -0.3 is 24.5 Å². The number of nitrogens with one attached hydrogen (secondary N) is 2. The molecule has 0 saturated carbocycles. The molecule has 0 aliphatic rings. The minimum Gasteiger partial charge on any atom is -0.497 e. The zero-order valence-electron chi connectivity index (χ0n) is 20.3. The minimum absolute atomic E-state index is 0.242. The number of anilines is 2. The van der Waals surface area contributed by atoms with Crippen molar-refractivity contribution in [2.75, 3.05) is 24.9 Å². The molecule has 1 amide bonds. The van der Waals surface area contributed by atoms with Crippen LogP contribution in [0.15, 0.2) is 53.1 Å². The first-order valence-corrected chi connectivity index (χ1v) is 12.0. The van der Waals surface area contributed by atoms with E-state index >= 15 is 0 Å². The molecule has 9 heteroatoms. The molecule has 3 heterocycles.